The van der Waals surface area contributed by atoms with Crippen LogP contribution in [0.2, 0.25) is 0 Å². The fourth-order valence-corrected chi connectivity index (χ4v) is 4.84. The third-order valence-electron chi connectivity index (χ3n) is 6.36. The van der Waals surface area contributed by atoms with E-state index in [4.69, 9.17) is 12.2 Å². The first kappa shape index (κ1) is 21.5. The molecule has 8 heteroatoms. The molecule has 5 rings (SSSR count). The van der Waals surface area contributed by atoms with Crippen LogP contribution in [0.1, 0.15) is 39.3 Å². The minimum absolute atomic E-state index is 0.0522. The summed E-state index contributed by atoms with van der Waals surface area (Å²) in [5.74, 6) is 0.0383. The van der Waals surface area contributed by atoms with Crippen LogP contribution in [0.4, 0.5) is 5.69 Å². The smallest absolute Gasteiger partial charge is 0.214 e. The van der Waals surface area contributed by atoms with Crippen LogP contribution < -0.4 is 4.90 Å². The summed E-state index contributed by atoms with van der Waals surface area (Å²) in [5.41, 5.74) is 4.34. The average Bonchev–Trinajstić information content (AvgIpc) is 3.27. The third kappa shape index (κ3) is 4.07. The zero-order valence-corrected chi connectivity index (χ0v) is 19.1. The number of nitrogens with zero attached hydrogens (tertiary/aromatic N) is 5. The molecular weight excluding hydrogens is 434 g/mol. The summed E-state index contributed by atoms with van der Waals surface area (Å²) in [6.07, 6.45) is 0.880. The molecule has 1 aromatic heterocycles. The fourth-order valence-electron chi connectivity index (χ4n) is 4.52. The van der Waals surface area contributed by atoms with Gasteiger partial charge in [-0.2, -0.15) is 0 Å². The number of anilines is 1. The molecule has 2 aliphatic rings. The van der Waals surface area contributed by atoms with E-state index in [1.54, 1.807) is 4.68 Å². The Labute approximate surface area is 197 Å². The maximum Gasteiger partial charge on any atom is 0.214 e. The zero-order chi connectivity index (χ0) is 22.9. The second-order valence-electron chi connectivity index (χ2n) is 8.39. The van der Waals surface area contributed by atoms with Gasteiger partial charge in [-0.3, -0.25) is 9.69 Å². The summed E-state index contributed by atoms with van der Waals surface area (Å²) in [4.78, 5) is 18.4. The Hall–Kier alpha value is -3.36. The fraction of sp³-hybridized carbons (Fsp3) is 0.280. The van der Waals surface area contributed by atoms with Gasteiger partial charge in [0.05, 0.1) is 4.86 Å². The number of aryl methyl sites for hydroxylation is 1. The highest BCUT2D eigenvalue weighted by Crippen LogP contribution is 2.26. The van der Waals surface area contributed by atoms with Crippen LogP contribution in [-0.4, -0.2) is 68.4 Å². The van der Waals surface area contributed by atoms with E-state index < -0.39 is 0 Å². The molecule has 1 aliphatic heterocycles. The molecule has 0 atom stereocenters. The molecule has 0 saturated carbocycles. The lowest BCUT2D eigenvalue weighted by Gasteiger charge is -2.36. The number of benzene rings is 2. The molecule has 1 N–H and O–H groups in total. The van der Waals surface area contributed by atoms with Gasteiger partial charge in [0.25, 0.3) is 0 Å². The molecule has 2 aromatic carbocycles. The van der Waals surface area contributed by atoms with Gasteiger partial charge in [0.15, 0.2) is 0 Å². The van der Waals surface area contributed by atoms with Gasteiger partial charge in [0, 0.05) is 61.6 Å². The molecule has 0 unspecified atom stereocenters. The first-order chi connectivity index (χ1) is 16.0. The van der Waals surface area contributed by atoms with Crippen molar-refractivity contribution in [2.45, 2.75) is 13.0 Å². The van der Waals surface area contributed by atoms with Crippen LogP contribution >= 0.6 is 12.2 Å². The summed E-state index contributed by atoms with van der Waals surface area (Å²) >= 11 is 5.57. The van der Waals surface area contributed by atoms with Gasteiger partial charge < -0.3 is 10.0 Å². The van der Waals surface area contributed by atoms with Gasteiger partial charge >= 0.3 is 0 Å². The topological polar surface area (TPSA) is 74.5 Å². The number of aliphatic hydroxyl groups excluding tert-OH is 1. The van der Waals surface area contributed by atoms with E-state index in [0.29, 0.717) is 28.4 Å². The van der Waals surface area contributed by atoms with Crippen molar-refractivity contribution < 1.29 is 9.90 Å². The van der Waals surface area contributed by atoms with Gasteiger partial charge in [-0.05, 0) is 30.7 Å². The van der Waals surface area contributed by atoms with Gasteiger partial charge in [-0.25, -0.2) is 4.68 Å². The molecule has 33 heavy (non-hydrogen) atoms. The average molecular weight is 460 g/mol. The maximum atomic E-state index is 13.0. The van der Waals surface area contributed by atoms with Crippen LogP contribution in [0.3, 0.4) is 0 Å². The first-order valence-corrected chi connectivity index (χ1v) is 11.5. The van der Waals surface area contributed by atoms with Crippen molar-refractivity contribution in [3.05, 3.63) is 83.2 Å². The molecule has 2 heterocycles. The van der Waals surface area contributed by atoms with Crippen LogP contribution in [0.15, 0.2) is 55.1 Å². The number of hydrogen-bond donors (Lipinski definition) is 1. The molecule has 0 radical (unpaired) electrons. The number of fused-ring (bicyclic) bond motifs is 2. The largest absolute Gasteiger partial charge is 0.508 e. The van der Waals surface area contributed by atoms with E-state index in [-0.39, 0.29) is 11.5 Å². The van der Waals surface area contributed by atoms with Crippen LogP contribution in [0, 0.1) is 0 Å². The van der Waals surface area contributed by atoms with Crippen molar-refractivity contribution in [2.75, 3.05) is 37.6 Å². The molecule has 7 nitrogen and oxygen atoms in total. The third-order valence-corrected chi connectivity index (χ3v) is 6.78. The predicted molar refractivity (Wildman–Crippen MR) is 132 cm³/mol. The summed E-state index contributed by atoms with van der Waals surface area (Å²) < 4.78 is 1.72. The Morgan fingerprint density at radius 3 is 2.39 bits per heavy atom. The Bertz CT molecular complexity index is 1230. The predicted octanol–water partition coefficient (Wildman–Crippen LogP) is 3.33. The van der Waals surface area contributed by atoms with E-state index in [1.807, 2.05) is 48.5 Å². The number of rotatable bonds is 6. The summed E-state index contributed by atoms with van der Waals surface area (Å²) in [7, 11) is 0. The molecule has 0 amide bonds. The van der Waals surface area contributed by atoms with Crippen molar-refractivity contribution in [3.8, 4) is 0 Å². The van der Waals surface area contributed by atoms with Crippen molar-refractivity contribution in [1.29, 1.82) is 0 Å². The number of carbonyl (C=O) groups excluding carboxylic acids is 1. The Morgan fingerprint density at radius 2 is 1.70 bits per heavy atom. The first-order valence-electron chi connectivity index (χ1n) is 11.1. The molecule has 0 spiro atoms. The highest BCUT2D eigenvalue weighted by Gasteiger charge is 2.32. The van der Waals surface area contributed by atoms with Crippen molar-refractivity contribution in [1.82, 2.24) is 19.9 Å². The number of carbonyl (C=O) groups is 1. The van der Waals surface area contributed by atoms with E-state index in [2.05, 4.69) is 26.7 Å². The lowest BCUT2D eigenvalue weighted by atomic mass is 9.91. The standard InChI is InChI=1S/C25H25N5O2S/c1-17(31)18-7-9-19(10-8-18)29-15-13-28(14-16-29)11-4-12-30-23-22(26-27-30)25(33)21-6-3-2-5-20(21)24(23)32/h2-3,5-10,31H,1,4,11-16H2. The van der Waals surface area contributed by atoms with Gasteiger partial charge in [0.2, 0.25) is 5.78 Å². The van der Waals surface area contributed by atoms with Crippen molar-refractivity contribution >= 4 is 34.3 Å². The van der Waals surface area contributed by atoms with E-state index in [0.717, 1.165) is 56.0 Å². The molecule has 1 saturated heterocycles. The molecule has 1 aliphatic carbocycles. The SMILES string of the molecule is C=C(O)c1ccc(N2CCN(CCCn3nnc4c3C(=O)c3ccccc3C4=S)CC2)cc1. The van der Waals surface area contributed by atoms with Crippen LogP contribution in [0.5, 0.6) is 0 Å². The molecule has 1 fully saturated rings. The minimum Gasteiger partial charge on any atom is -0.508 e. The maximum absolute atomic E-state index is 13.0. The second kappa shape index (κ2) is 8.88. The van der Waals surface area contributed by atoms with Crippen LogP contribution in [0.25, 0.3) is 5.76 Å². The Kier molecular flexibility index (Phi) is 5.78. The van der Waals surface area contributed by atoms with E-state index >= 15 is 0 Å². The van der Waals surface area contributed by atoms with Gasteiger partial charge in [-0.1, -0.05) is 48.3 Å². The Balaban J connectivity index is 1.16. The number of thiocarbonyl (C=S) groups is 1. The highest BCUT2D eigenvalue weighted by atomic mass is 32.1. The van der Waals surface area contributed by atoms with E-state index in [1.165, 1.54) is 0 Å². The lowest BCUT2D eigenvalue weighted by molar-refractivity contribution is 0.102. The summed E-state index contributed by atoms with van der Waals surface area (Å²) in [6.45, 7) is 8.97. The summed E-state index contributed by atoms with van der Waals surface area (Å²) in [5, 5.41) is 18.0. The number of aromatic nitrogens is 3. The zero-order valence-electron chi connectivity index (χ0n) is 18.3. The molecule has 168 valence electrons. The number of piperazine rings is 1. The van der Waals surface area contributed by atoms with Gasteiger partial charge in [0.1, 0.15) is 17.1 Å². The molecular formula is C25H25N5O2S. The highest BCUT2D eigenvalue weighted by molar-refractivity contribution is 7.81. The lowest BCUT2D eigenvalue weighted by Crippen LogP contribution is -2.46. The van der Waals surface area contributed by atoms with Gasteiger partial charge in [-0.15, -0.1) is 5.10 Å². The van der Waals surface area contributed by atoms with E-state index in [9.17, 15) is 9.90 Å². The Morgan fingerprint density at radius 1 is 1.00 bits per heavy atom. The molecule has 3 aromatic rings. The van der Waals surface area contributed by atoms with Crippen LogP contribution in [-0.2, 0) is 6.54 Å². The summed E-state index contributed by atoms with van der Waals surface area (Å²) in [6, 6.07) is 15.3. The quantitative estimate of drug-likeness (QED) is 0.350. The monoisotopic (exact) mass is 459 g/mol. The van der Waals surface area contributed by atoms with Crippen molar-refractivity contribution in [3.63, 3.8) is 0 Å². The molecule has 0 bridgehead atoms. The van der Waals surface area contributed by atoms with Crippen molar-refractivity contribution in [2.24, 2.45) is 0 Å². The number of hydrogen-bond acceptors (Lipinski definition) is 7. The number of aliphatic hydroxyl groups is 1. The number of ketones is 1. The normalized spacial score (nSPS) is 15.9. The minimum atomic E-state index is -0.0522. The second-order valence-corrected chi connectivity index (χ2v) is 8.80.